The molecule has 0 unspecified atom stereocenters. The lowest BCUT2D eigenvalue weighted by Gasteiger charge is -2.19. The maximum atomic E-state index is 10.8. The van der Waals surface area contributed by atoms with Crippen LogP contribution in [-0.4, -0.2) is 24.1 Å². The lowest BCUT2D eigenvalue weighted by atomic mass is 10.2. The van der Waals surface area contributed by atoms with Gasteiger partial charge in [-0.15, -0.1) is 0 Å². The first-order valence-corrected chi connectivity index (χ1v) is 6.17. The van der Waals surface area contributed by atoms with E-state index in [4.69, 9.17) is 9.47 Å². The Morgan fingerprint density at radius 2 is 1.74 bits per heavy atom. The van der Waals surface area contributed by atoms with Gasteiger partial charge in [0.15, 0.2) is 0 Å². The van der Waals surface area contributed by atoms with Crippen LogP contribution < -0.4 is 0 Å². The van der Waals surface area contributed by atoms with Crippen LogP contribution in [0.5, 0.6) is 0 Å². The fourth-order valence-electron chi connectivity index (χ4n) is 0.673. The topological polar surface area (TPSA) is 52.6 Å². The van der Waals surface area contributed by atoms with Crippen LogP contribution >= 0.6 is 0 Å². The van der Waals surface area contributed by atoms with Gasteiger partial charge in [-0.3, -0.25) is 0 Å². The molecule has 19 heavy (non-hydrogen) atoms. The van der Waals surface area contributed by atoms with Crippen LogP contribution in [0.2, 0.25) is 0 Å². The Morgan fingerprint density at radius 3 is 1.95 bits per heavy atom. The molecule has 0 rings (SSSR count). The minimum atomic E-state index is -0.407. The summed E-state index contributed by atoms with van der Waals surface area (Å²) in [4.78, 5) is 21.2. The molecule has 0 amide bonds. The van der Waals surface area contributed by atoms with Gasteiger partial charge < -0.3 is 9.47 Å². The van der Waals surface area contributed by atoms with Crippen LogP contribution in [0.25, 0.3) is 0 Å². The molecule has 0 aromatic heterocycles. The van der Waals surface area contributed by atoms with E-state index in [2.05, 4.69) is 13.2 Å². The van der Waals surface area contributed by atoms with Gasteiger partial charge in [0.25, 0.3) is 0 Å². The van der Waals surface area contributed by atoms with Crippen LogP contribution in [0.15, 0.2) is 24.8 Å². The van der Waals surface area contributed by atoms with Crippen molar-refractivity contribution in [3.63, 3.8) is 0 Å². The number of carbonyl (C=O) groups is 2. The van der Waals surface area contributed by atoms with Crippen molar-refractivity contribution in [1.82, 2.24) is 0 Å². The average Bonchev–Trinajstić information content (AvgIpc) is 2.24. The van der Waals surface area contributed by atoms with Gasteiger partial charge in [0.1, 0.15) is 5.60 Å². The summed E-state index contributed by atoms with van der Waals surface area (Å²) in [5, 5.41) is 0. The van der Waals surface area contributed by atoms with Crippen molar-refractivity contribution in [1.29, 1.82) is 0 Å². The average molecular weight is 270 g/mol. The number of esters is 2. The van der Waals surface area contributed by atoms with E-state index in [9.17, 15) is 9.59 Å². The van der Waals surface area contributed by atoms with Crippen LogP contribution in [0.1, 0.15) is 41.5 Å². The number of carbonyl (C=O) groups excluding carboxylic acids is 2. The first-order valence-electron chi connectivity index (χ1n) is 6.17. The highest BCUT2D eigenvalue weighted by atomic mass is 16.6. The van der Waals surface area contributed by atoms with Gasteiger partial charge >= 0.3 is 11.9 Å². The summed E-state index contributed by atoms with van der Waals surface area (Å²) in [6.45, 7) is 18.3. The molecule has 0 aliphatic heterocycles. The Labute approximate surface area is 116 Å². The van der Waals surface area contributed by atoms with Crippen LogP contribution in [-0.2, 0) is 19.1 Å². The van der Waals surface area contributed by atoms with Gasteiger partial charge in [-0.05, 0) is 33.6 Å². The van der Waals surface area contributed by atoms with Crippen molar-refractivity contribution < 1.29 is 19.1 Å². The van der Waals surface area contributed by atoms with Gasteiger partial charge in [-0.1, -0.05) is 27.0 Å². The Balaban J connectivity index is 0. The Bertz CT molecular complexity index is 322. The highest BCUT2D eigenvalue weighted by molar-refractivity contribution is 5.87. The maximum absolute atomic E-state index is 10.8. The summed E-state index contributed by atoms with van der Waals surface area (Å²) in [6.07, 6.45) is 1.17. The van der Waals surface area contributed by atoms with Crippen LogP contribution in [0.4, 0.5) is 0 Å². The van der Waals surface area contributed by atoms with Gasteiger partial charge in [0.2, 0.25) is 0 Å². The third-order valence-corrected chi connectivity index (χ3v) is 1.47. The van der Waals surface area contributed by atoms with Gasteiger partial charge in [-0.2, -0.15) is 0 Å². The molecule has 0 saturated carbocycles. The number of hydrogen-bond acceptors (Lipinski definition) is 4. The summed E-state index contributed by atoms with van der Waals surface area (Å²) in [5.41, 5.74) is 0.0330. The normalized spacial score (nSPS) is 10.1. The zero-order valence-electron chi connectivity index (χ0n) is 12.9. The zero-order chi connectivity index (χ0) is 15.6. The quantitative estimate of drug-likeness (QED) is 0.581. The maximum Gasteiger partial charge on any atom is 0.333 e. The molecule has 0 aliphatic carbocycles. The van der Waals surface area contributed by atoms with E-state index in [1.165, 1.54) is 6.08 Å². The van der Waals surface area contributed by atoms with Crippen molar-refractivity contribution in [3.05, 3.63) is 24.8 Å². The molecular formula is C15H26O4. The summed E-state index contributed by atoms with van der Waals surface area (Å²) in [6, 6.07) is 0. The number of ether oxygens (including phenoxy) is 2. The van der Waals surface area contributed by atoms with Crippen molar-refractivity contribution in [3.8, 4) is 0 Å². The molecule has 4 nitrogen and oxygen atoms in total. The molecule has 110 valence electrons. The molecule has 0 aromatic carbocycles. The van der Waals surface area contributed by atoms with E-state index in [0.717, 1.165) is 0 Å². The summed E-state index contributed by atoms with van der Waals surface area (Å²) in [7, 11) is 0. The molecule has 0 spiro atoms. The summed E-state index contributed by atoms with van der Waals surface area (Å²) in [5.74, 6) is -0.273. The summed E-state index contributed by atoms with van der Waals surface area (Å²) >= 11 is 0. The SMILES string of the molecule is C=C(C)C(=O)OC(C)(C)C.C=CC(=O)OCC(C)C. The molecule has 0 aromatic rings. The van der Waals surface area contributed by atoms with Crippen molar-refractivity contribution in [2.24, 2.45) is 5.92 Å². The van der Waals surface area contributed by atoms with Crippen LogP contribution in [0.3, 0.4) is 0 Å². The Morgan fingerprint density at radius 1 is 1.26 bits per heavy atom. The number of hydrogen-bond donors (Lipinski definition) is 0. The smallest absolute Gasteiger partial charge is 0.333 e. The second-order valence-corrected chi connectivity index (χ2v) is 5.51. The van der Waals surface area contributed by atoms with E-state index in [1.807, 2.05) is 34.6 Å². The summed E-state index contributed by atoms with van der Waals surface area (Å²) < 4.78 is 9.66. The molecule has 0 fully saturated rings. The molecule has 0 atom stereocenters. The van der Waals surface area contributed by atoms with E-state index in [1.54, 1.807) is 6.92 Å². The van der Waals surface area contributed by atoms with Crippen molar-refractivity contribution in [2.75, 3.05) is 6.61 Å². The molecule has 0 bridgehead atoms. The molecule has 0 N–H and O–H groups in total. The molecule has 0 heterocycles. The largest absolute Gasteiger partial charge is 0.462 e. The van der Waals surface area contributed by atoms with Gasteiger partial charge in [0.05, 0.1) is 6.61 Å². The second-order valence-electron chi connectivity index (χ2n) is 5.51. The standard InChI is InChI=1S/C8H14O2.C7H12O2/c1-6(2)7(9)10-8(3,4)5;1-4-7(8)9-5-6(2)3/h1H2,2-5H3;4,6H,1,5H2,2-3H3. The lowest BCUT2D eigenvalue weighted by Crippen LogP contribution is -2.23. The molecule has 0 aliphatic rings. The van der Waals surface area contributed by atoms with Crippen LogP contribution in [0, 0.1) is 5.92 Å². The highest BCUT2D eigenvalue weighted by Gasteiger charge is 2.15. The highest BCUT2D eigenvalue weighted by Crippen LogP contribution is 2.09. The minimum absolute atomic E-state index is 0.326. The van der Waals surface area contributed by atoms with E-state index < -0.39 is 5.60 Å². The van der Waals surface area contributed by atoms with E-state index >= 15 is 0 Å². The van der Waals surface area contributed by atoms with E-state index in [0.29, 0.717) is 18.1 Å². The second kappa shape index (κ2) is 9.36. The van der Waals surface area contributed by atoms with Crippen molar-refractivity contribution in [2.45, 2.75) is 47.1 Å². The predicted octanol–water partition coefficient (Wildman–Crippen LogP) is 3.28. The Kier molecular flexibility index (Phi) is 9.73. The molecular weight excluding hydrogens is 244 g/mol. The van der Waals surface area contributed by atoms with E-state index in [-0.39, 0.29) is 11.9 Å². The fourth-order valence-corrected chi connectivity index (χ4v) is 0.673. The monoisotopic (exact) mass is 270 g/mol. The first kappa shape index (κ1) is 19.8. The zero-order valence-corrected chi connectivity index (χ0v) is 12.9. The van der Waals surface area contributed by atoms with Gasteiger partial charge in [0, 0.05) is 11.6 Å². The third-order valence-electron chi connectivity index (χ3n) is 1.47. The lowest BCUT2D eigenvalue weighted by molar-refractivity contribution is -0.149. The van der Waals surface area contributed by atoms with Gasteiger partial charge in [-0.25, -0.2) is 9.59 Å². The first-order chi connectivity index (χ1) is 8.49. The molecule has 0 radical (unpaired) electrons. The number of rotatable bonds is 4. The minimum Gasteiger partial charge on any atom is -0.462 e. The predicted molar refractivity (Wildman–Crippen MR) is 76.7 cm³/mol. The molecule has 4 heteroatoms. The molecule has 0 saturated heterocycles. The van der Waals surface area contributed by atoms with Crippen molar-refractivity contribution >= 4 is 11.9 Å². The Hall–Kier alpha value is -1.58. The third kappa shape index (κ3) is 16.4. The fraction of sp³-hybridized carbons (Fsp3) is 0.600.